The van der Waals surface area contributed by atoms with E-state index in [2.05, 4.69) is 5.32 Å². The van der Waals surface area contributed by atoms with Crippen LogP contribution in [-0.2, 0) is 14.8 Å². The SMILES string of the molecule is CCCOc1ccc(NC(=O)CN(C)S(=O)(=O)c2cccs2)cc1OCCC. The van der Waals surface area contributed by atoms with Gasteiger partial charge in [0, 0.05) is 18.8 Å². The Balaban J connectivity index is 2.06. The zero-order valence-electron chi connectivity index (χ0n) is 16.3. The molecule has 1 heterocycles. The second-order valence-electron chi connectivity index (χ2n) is 6.10. The predicted octanol–water partition coefficient (Wildman–Crippen LogP) is 3.58. The van der Waals surface area contributed by atoms with Crippen molar-refractivity contribution in [3.63, 3.8) is 0 Å². The maximum atomic E-state index is 12.4. The number of ether oxygens (including phenoxy) is 2. The van der Waals surface area contributed by atoms with Gasteiger partial charge in [-0.3, -0.25) is 4.79 Å². The molecule has 0 unspecified atom stereocenters. The molecular weight excluding hydrogens is 400 g/mol. The number of sulfonamides is 1. The first-order valence-electron chi connectivity index (χ1n) is 9.07. The lowest BCUT2D eigenvalue weighted by atomic mass is 10.2. The maximum Gasteiger partial charge on any atom is 0.252 e. The summed E-state index contributed by atoms with van der Waals surface area (Å²) in [6, 6.07) is 8.30. The van der Waals surface area contributed by atoms with Crippen molar-refractivity contribution in [1.82, 2.24) is 4.31 Å². The summed E-state index contributed by atoms with van der Waals surface area (Å²) >= 11 is 1.12. The molecule has 2 aromatic rings. The summed E-state index contributed by atoms with van der Waals surface area (Å²) < 4.78 is 37.4. The molecule has 0 aliphatic rings. The van der Waals surface area contributed by atoms with Crippen LogP contribution in [0.1, 0.15) is 26.7 Å². The number of nitrogens with zero attached hydrogens (tertiary/aromatic N) is 1. The number of carbonyl (C=O) groups is 1. The number of anilines is 1. The first-order chi connectivity index (χ1) is 13.4. The van der Waals surface area contributed by atoms with E-state index in [4.69, 9.17) is 9.47 Å². The largest absolute Gasteiger partial charge is 0.490 e. The summed E-state index contributed by atoms with van der Waals surface area (Å²) in [7, 11) is -2.29. The van der Waals surface area contributed by atoms with Crippen LogP contribution < -0.4 is 14.8 Å². The van der Waals surface area contributed by atoms with Crippen LogP contribution >= 0.6 is 11.3 Å². The second kappa shape index (κ2) is 10.4. The zero-order chi connectivity index (χ0) is 20.6. The van der Waals surface area contributed by atoms with Gasteiger partial charge in [-0.2, -0.15) is 4.31 Å². The molecule has 9 heteroatoms. The fourth-order valence-corrected chi connectivity index (χ4v) is 4.62. The minimum Gasteiger partial charge on any atom is -0.490 e. The molecule has 1 aromatic carbocycles. The molecule has 0 saturated carbocycles. The highest BCUT2D eigenvalue weighted by Crippen LogP contribution is 2.31. The van der Waals surface area contributed by atoms with Crippen LogP contribution in [0.5, 0.6) is 11.5 Å². The normalized spacial score (nSPS) is 11.4. The van der Waals surface area contributed by atoms with Crippen molar-refractivity contribution >= 4 is 33.0 Å². The first kappa shape index (κ1) is 22.2. The van der Waals surface area contributed by atoms with Gasteiger partial charge >= 0.3 is 0 Å². The Labute approximate surface area is 170 Å². The highest BCUT2D eigenvalue weighted by atomic mass is 32.2. The Morgan fingerprint density at radius 2 is 1.79 bits per heavy atom. The average Bonchev–Trinajstić information content (AvgIpc) is 3.21. The number of rotatable bonds is 11. The Morgan fingerprint density at radius 3 is 2.39 bits per heavy atom. The van der Waals surface area contributed by atoms with Crippen molar-refractivity contribution in [3.8, 4) is 11.5 Å². The molecule has 0 radical (unpaired) electrons. The van der Waals surface area contributed by atoms with Gasteiger partial charge in [-0.25, -0.2) is 8.42 Å². The highest BCUT2D eigenvalue weighted by Gasteiger charge is 2.24. The molecule has 154 valence electrons. The molecule has 7 nitrogen and oxygen atoms in total. The third kappa shape index (κ3) is 5.95. The van der Waals surface area contributed by atoms with E-state index in [1.807, 2.05) is 13.8 Å². The third-order valence-corrected chi connectivity index (χ3v) is 6.85. The Morgan fingerprint density at radius 1 is 1.11 bits per heavy atom. The summed E-state index contributed by atoms with van der Waals surface area (Å²) in [6.07, 6.45) is 1.71. The monoisotopic (exact) mass is 426 g/mol. The molecule has 0 spiro atoms. The number of amides is 1. The van der Waals surface area contributed by atoms with E-state index in [1.54, 1.807) is 29.6 Å². The van der Waals surface area contributed by atoms with Crippen LogP contribution in [0.15, 0.2) is 39.9 Å². The summed E-state index contributed by atoms with van der Waals surface area (Å²) in [5, 5.41) is 4.39. The molecule has 1 N–H and O–H groups in total. The molecule has 0 bridgehead atoms. The van der Waals surface area contributed by atoms with E-state index in [0.717, 1.165) is 28.5 Å². The van der Waals surface area contributed by atoms with Gasteiger partial charge in [-0.05, 0) is 36.4 Å². The fraction of sp³-hybridized carbons (Fsp3) is 0.421. The molecule has 0 fully saturated rings. The number of hydrogen-bond donors (Lipinski definition) is 1. The van der Waals surface area contributed by atoms with Gasteiger partial charge in [0.25, 0.3) is 10.0 Å². The Hall–Kier alpha value is -2.10. The smallest absolute Gasteiger partial charge is 0.252 e. The van der Waals surface area contributed by atoms with Crippen molar-refractivity contribution in [2.45, 2.75) is 30.9 Å². The Bertz CT molecular complexity index is 866. The van der Waals surface area contributed by atoms with Crippen LogP contribution in [0.3, 0.4) is 0 Å². The van der Waals surface area contributed by atoms with Gasteiger partial charge in [0.15, 0.2) is 11.5 Å². The molecule has 0 saturated heterocycles. The lowest BCUT2D eigenvalue weighted by Crippen LogP contribution is -2.34. The zero-order valence-corrected chi connectivity index (χ0v) is 17.9. The van der Waals surface area contributed by atoms with Crippen molar-refractivity contribution in [3.05, 3.63) is 35.7 Å². The number of hydrogen-bond acceptors (Lipinski definition) is 6. The van der Waals surface area contributed by atoms with E-state index in [0.29, 0.717) is 30.4 Å². The van der Waals surface area contributed by atoms with E-state index in [9.17, 15) is 13.2 Å². The summed E-state index contributed by atoms with van der Waals surface area (Å²) in [5.74, 6) is 0.727. The number of likely N-dealkylation sites (N-methyl/N-ethyl adjacent to an activating group) is 1. The van der Waals surface area contributed by atoms with Gasteiger partial charge in [-0.1, -0.05) is 19.9 Å². The fourth-order valence-electron chi connectivity index (χ4n) is 2.29. The summed E-state index contributed by atoms with van der Waals surface area (Å²) in [5.41, 5.74) is 0.516. The van der Waals surface area contributed by atoms with Crippen molar-refractivity contribution in [1.29, 1.82) is 0 Å². The minimum atomic E-state index is -3.67. The van der Waals surface area contributed by atoms with Gasteiger partial charge in [0.2, 0.25) is 5.91 Å². The van der Waals surface area contributed by atoms with Gasteiger partial charge in [-0.15, -0.1) is 11.3 Å². The number of benzene rings is 1. The quantitative estimate of drug-likeness (QED) is 0.594. The van der Waals surface area contributed by atoms with Gasteiger partial charge in [0.05, 0.1) is 19.8 Å². The van der Waals surface area contributed by atoms with Crippen LogP contribution in [0.2, 0.25) is 0 Å². The van der Waals surface area contributed by atoms with Crippen LogP contribution in [0.4, 0.5) is 5.69 Å². The maximum absolute atomic E-state index is 12.4. The van der Waals surface area contributed by atoms with Crippen molar-refractivity contribution in [2.75, 3.05) is 32.1 Å². The predicted molar refractivity (Wildman–Crippen MR) is 111 cm³/mol. The lowest BCUT2D eigenvalue weighted by Gasteiger charge is -2.17. The summed E-state index contributed by atoms with van der Waals surface area (Å²) in [4.78, 5) is 12.3. The van der Waals surface area contributed by atoms with E-state index >= 15 is 0 Å². The Kier molecular flexibility index (Phi) is 8.28. The number of nitrogens with one attached hydrogen (secondary N) is 1. The highest BCUT2D eigenvalue weighted by molar-refractivity contribution is 7.91. The molecule has 0 aliphatic heterocycles. The molecule has 2 rings (SSSR count). The molecule has 0 atom stereocenters. The van der Waals surface area contributed by atoms with Crippen molar-refractivity contribution < 1.29 is 22.7 Å². The topological polar surface area (TPSA) is 84.9 Å². The third-order valence-electron chi connectivity index (χ3n) is 3.68. The molecule has 1 amide bonds. The molecule has 1 aromatic heterocycles. The standard InChI is InChI=1S/C19H26N2O5S2/c1-4-10-25-16-9-8-15(13-17(16)26-11-5-2)20-18(22)14-21(3)28(23,24)19-7-6-12-27-19/h6-9,12-13H,4-5,10-11,14H2,1-3H3,(H,20,22). The molecular formula is C19H26N2O5S2. The van der Waals surface area contributed by atoms with Crippen LogP contribution in [0.25, 0.3) is 0 Å². The lowest BCUT2D eigenvalue weighted by molar-refractivity contribution is -0.116. The second-order valence-corrected chi connectivity index (χ2v) is 9.32. The molecule has 28 heavy (non-hydrogen) atoms. The summed E-state index contributed by atoms with van der Waals surface area (Å²) in [6.45, 7) is 4.82. The first-order valence-corrected chi connectivity index (χ1v) is 11.4. The van der Waals surface area contributed by atoms with Crippen molar-refractivity contribution in [2.24, 2.45) is 0 Å². The van der Waals surface area contributed by atoms with Crippen LogP contribution in [-0.4, -0.2) is 45.4 Å². The number of thiophene rings is 1. The van der Waals surface area contributed by atoms with E-state index < -0.39 is 15.9 Å². The number of carbonyl (C=O) groups excluding carboxylic acids is 1. The van der Waals surface area contributed by atoms with Gasteiger partial charge in [0.1, 0.15) is 4.21 Å². The van der Waals surface area contributed by atoms with E-state index in [-0.39, 0.29) is 10.8 Å². The minimum absolute atomic E-state index is 0.204. The van der Waals surface area contributed by atoms with Gasteiger partial charge < -0.3 is 14.8 Å². The van der Waals surface area contributed by atoms with E-state index in [1.165, 1.54) is 13.1 Å². The molecule has 0 aliphatic carbocycles. The average molecular weight is 427 g/mol. The van der Waals surface area contributed by atoms with Crippen LogP contribution in [0, 0.1) is 0 Å².